The van der Waals surface area contributed by atoms with Crippen molar-refractivity contribution >= 4 is 0 Å². The lowest BCUT2D eigenvalue weighted by Gasteiger charge is -2.37. The number of nitrogens with one attached hydrogen (secondary N) is 1. The van der Waals surface area contributed by atoms with E-state index < -0.39 is 0 Å². The standard InChI is InChI=1S/C18H30N2/c1-13(2)10-17(20-8-6-19-7-9-20)18-15(4)11-14(3)12-16(18)5/h11-13,17,19H,6-10H2,1-5H3/t17-/m1/s1. The highest BCUT2D eigenvalue weighted by Gasteiger charge is 2.25. The number of rotatable bonds is 4. The lowest BCUT2D eigenvalue weighted by atomic mass is 9.88. The first-order valence-corrected chi connectivity index (χ1v) is 8.01. The SMILES string of the molecule is Cc1cc(C)c([C@@H](CC(C)C)N2CCNCC2)c(C)c1. The highest BCUT2D eigenvalue weighted by Crippen LogP contribution is 2.33. The third-order valence-corrected chi connectivity index (χ3v) is 4.36. The fourth-order valence-corrected chi connectivity index (χ4v) is 3.61. The van der Waals surface area contributed by atoms with Gasteiger partial charge in [-0.1, -0.05) is 31.5 Å². The Morgan fingerprint density at radius 3 is 2.10 bits per heavy atom. The summed E-state index contributed by atoms with van der Waals surface area (Å²) in [5, 5.41) is 3.47. The topological polar surface area (TPSA) is 15.3 Å². The van der Waals surface area contributed by atoms with E-state index in [9.17, 15) is 0 Å². The minimum Gasteiger partial charge on any atom is -0.314 e. The molecule has 0 aromatic heterocycles. The summed E-state index contributed by atoms with van der Waals surface area (Å²) in [5.41, 5.74) is 5.89. The van der Waals surface area contributed by atoms with E-state index in [0.717, 1.165) is 19.0 Å². The van der Waals surface area contributed by atoms with Crippen LogP contribution >= 0.6 is 0 Å². The predicted octanol–water partition coefficient (Wildman–Crippen LogP) is 3.60. The van der Waals surface area contributed by atoms with Crippen molar-refractivity contribution in [1.29, 1.82) is 0 Å². The molecule has 1 aliphatic heterocycles. The Labute approximate surface area is 124 Å². The van der Waals surface area contributed by atoms with Gasteiger partial charge in [-0.25, -0.2) is 0 Å². The van der Waals surface area contributed by atoms with Crippen LogP contribution in [-0.2, 0) is 0 Å². The molecule has 0 aliphatic carbocycles. The summed E-state index contributed by atoms with van der Waals surface area (Å²) in [6, 6.07) is 5.27. The monoisotopic (exact) mass is 274 g/mol. The Kier molecular flexibility index (Phi) is 5.22. The van der Waals surface area contributed by atoms with E-state index in [1.807, 2.05) is 0 Å². The highest BCUT2D eigenvalue weighted by molar-refractivity contribution is 5.39. The van der Waals surface area contributed by atoms with Gasteiger partial charge >= 0.3 is 0 Å². The van der Waals surface area contributed by atoms with E-state index in [1.165, 1.54) is 36.2 Å². The molecule has 0 radical (unpaired) electrons. The summed E-state index contributed by atoms with van der Waals surface area (Å²) in [7, 11) is 0. The van der Waals surface area contributed by atoms with E-state index in [1.54, 1.807) is 5.56 Å². The van der Waals surface area contributed by atoms with Crippen LogP contribution in [0.3, 0.4) is 0 Å². The lowest BCUT2D eigenvalue weighted by Crippen LogP contribution is -2.45. The van der Waals surface area contributed by atoms with E-state index in [4.69, 9.17) is 0 Å². The maximum absolute atomic E-state index is 3.47. The summed E-state index contributed by atoms with van der Waals surface area (Å²) in [5.74, 6) is 0.731. The smallest absolute Gasteiger partial charge is 0.0356 e. The van der Waals surface area contributed by atoms with Gasteiger partial charge in [0.25, 0.3) is 0 Å². The molecule has 0 amide bonds. The van der Waals surface area contributed by atoms with Gasteiger partial charge < -0.3 is 5.32 Å². The third-order valence-electron chi connectivity index (χ3n) is 4.36. The average molecular weight is 274 g/mol. The molecular weight excluding hydrogens is 244 g/mol. The number of hydrogen-bond acceptors (Lipinski definition) is 2. The highest BCUT2D eigenvalue weighted by atomic mass is 15.2. The van der Waals surface area contributed by atoms with Crippen molar-refractivity contribution < 1.29 is 0 Å². The van der Waals surface area contributed by atoms with Crippen LogP contribution in [0.2, 0.25) is 0 Å². The lowest BCUT2D eigenvalue weighted by molar-refractivity contribution is 0.153. The first-order chi connectivity index (χ1) is 9.49. The summed E-state index contributed by atoms with van der Waals surface area (Å²) in [6.07, 6.45) is 1.25. The van der Waals surface area contributed by atoms with Crippen molar-refractivity contribution in [3.63, 3.8) is 0 Å². The van der Waals surface area contributed by atoms with Crippen molar-refractivity contribution in [3.05, 3.63) is 34.4 Å². The average Bonchev–Trinajstić information content (AvgIpc) is 2.37. The van der Waals surface area contributed by atoms with E-state index in [2.05, 4.69) is 57.0 Å². The molecule has 2 rings (SSSR count). The Balaban J connectivity index is 2.35. The Hall–Kier alpha value is -0.860. The summed E-state index contributed by atoms with van der Waals surface area (Å²) in [6.45, 7) is 16.0. The van der Waals surface area contributed by atoms with Crippen molar-refractivity contribution in [1.82, 2.24) is 10.2 Å². The molecular formula is C18H30N2. The quantitative estimate of drug-likeness (QED) is 0.902. The van der Waals surface area contributed by atoms with Crippen LogP contribution in [-0.4, -0.2) is 31.1 Å². The van der Waals surface area contributed by atoms with Gasteiger partial charge in [0, 0.05) is 32.2 Å². The van der Waals surface area contributed by atoms with E-state index in [0.29, 0.717) is 6.04 Å². The maximum Gasteiger partial charge on any atom is 0.0356 e. The van der Waals surface area contributed by atoms with Gasteiger partial charge in [0.2, 0.25) is 0 Å². The zero-order valence-corrected chi connectivity index (χ0v) is 13.8. The van der Waals surface area contributed by atoms with Gasteiger partial charge in [-0.2, -0.15) is 0 Å². The number of aryl methyl sites for hydroxylation is 3. The predicted molar refractivity (Wildman–Crippen MR) is 87.3 cm³/mol. The number of hydrogen-bond donors (Lipinski definition) is 1. The molecule has 0 bridgehead atoms. The Morgan fingerprint density at radius 2 is 1.60 bits per heavy atom. The van der Waals surface area contributed by atoms with Gasteiger partial charge in [0.05, 0.1) is 0 Å². The zero-order valence-electron chi connectivity index (χ0n) is 13.8. The normalized spacial score (nSPS) is 18.5. The zero-order chi connectivity index (χ0) is 14.7. The minimum atomic E-state index is 0.581. The second kappa shape index (κ2) is 6.73. The summed E-state index contributed by atoms with van der Waals surface area (Å²) >= 11 is 0. The first kappa shape index (κ1) is 15.5. The van der Waals surface area contributed by atoms with Crippen molar-refractivity contribution in [3.8, 4) is 0 Å². The molecule has 1 aliphatic rings. The van der Waals surface area contributed by atoms with Gasteiger partial charge in [0.1, 0.15) is 0 Å². The van der Waals surface area contributed by atoms with Crippen LogP contribution in [0, 0.1) is 26.7 Å². The molecule has 1 saturated heterocycles. The first-order valence-electron chi connectivity index (χ1n) is 8.01. The van der Waals surface area contributed by atoms with Crippen LogP contribution in [0.25, 0.3) is 0 Å². The number of piperazine rings is 1. The molecule has 0 saturated carbocycles. The molecule has 112 valence electrons. The second-order valence-electron chi connectivity index (χ2n) is 6.74. The molecule has 20 heavy (non-hydrogen) atoms. The van der Waals surface area contributed by atoms with Crippen LogP contribution < -0.4 is 5.32 Å². The van der Waals surface area contributed by atoms with Crippen molar-refractivity contribution in [2.45, 2.75) is 47.1 Å². The molecule has 1 aromatic rings. The number of benzene rings is 1. The third kappa shape index (κ3) is 3.62. The molecule has 1 fully saturated rings. The van der Waals surface area contributed by atoms with Crippen LogP contribution in [0.1, 0.15) is 48.6 Å². The van der Waals surface area contributed by atoms with Crippen LogP contribution in [0.4, 0.5) is 0 Å². The van der Waals surface area contributed by atoms with Gasteiger partial charge in [0.15, 0.2) is 0 Å². The van der Waals surface area contributed by atoms with Crippen LogP contribution in [0.5, 0.6) is 0 Å². The van der Waals surface area contributed by atoms with Gasteiger partial charge in [-0.3, -0.25) is 4.90 Å². The van der Waals surface area contributed by atoms with Crippen molar-refractivity contribution in [2.24, 2.45) is 5.92 Å². The molecule has 1 atom stereocenters. The van der Waals surface area contributed by atoms with E-state index >= 15 is 0 Å². The molecule has 0 unspecified atom stereocenters. The number of nitrogens with zero attached hydrogens (tertiary/aromatic N) is 1. The van der Waals surface area contributed by atoms with Gasteiger partial charge in [-0.15, -0.1) is 0 Å². The maximum atomic E-state index is 3.47. The molecule has 0 spiro atoms. The molecule has 2 nitrogen and oxygen atoms in total. The van der Waals surface area contributed by atoms with Crippen LogP contribution in [0.15, 0.2) is 12.1 Å². The fourth-order valence-electron chi connectivity index (χ4n) is 3.61. The Bertz CT molecular complexity index is 422. The molecule has 1 aromatic carbocycles. The van der Waals surface area contributed by atoms with Crippen molar-refractivity contribution in [2.75, 3.05) is 26.2 Å². The summed E-state index contributed by atoms with van der Waals surface area (Å²) in [4.78, 5) is 2.68. The van der Waals surface area contributed by atoms with E-state index in [-0.39, 0.29) is 0 Å². The molecule has 2 heteroatoms. The summed E-state index contributed by atoms with van der Waals surface area (Å²) < 4.78 is 0. The van der Waals surface area contributed by atoms with Gasteiger partial charge in [-0.05, 0) is 49.8 Å². The molecule has 1 N–H and O–H groups in total. The largest absolute Gasteiger partial charge is 0.314 e. The molecule has 1 heterocycles. The minimum absolute atomic E-state index is 0.581. The Morgan fingerprint density at radius 1 is 1.05 bits per heavy atom. The second-order valence-corrected chi connectivity index (χ2v) is 6.74. The fraction of sp³-hybridized carbons (Fsp3) is 0.667.